The summed E-state index contributed by atoms with van der Waals surface area (Å²) in [5, 5.41) is 4.17. The molecule has 1 N–H and O–H groups in total. The van der Waals surface area contributed by atoms with E-state index in [1.807, 2.05) is 41.1 Å². The van der Waals surface area contributed by atoms with Crippen LogP contribution in [0, 0.1) is 0 Å². The maximum absolute atomic E-state index is 11.6. The van der Waals surface area contributed by atoms with Crippen molar-refractivity contribution in [2.45, 2.75) is 11.4 Å². The number of nitrogens with zero attached hydrogens (tertiary/aromatic N) is 1. The smallest absolute Gasteiger partial charge is 0.177 e. The maximum Gasteiger partial charge on any atom is 0.177 e. The number of alkyl halides is 1. The van der Waals surface area contributed by atoms with Gasteiger partial charge in [-0.1, -0.05) is 18.2 Å². The summed E-state index contributed by atoms with van der Waals surface area (Å²) in [6.07, 6.45) is 1.87. The van der Waals surface area contributed by atoms with Crippen LogP contribution in [0.3, 0.4) is 0 Å². The van der Waals surface area contributed by atoms with Gasteiger partial charge in [0.25, 0.3) is 0 Å². The molecule has 1 saturated heterocycles. The Morgan fingerprint density at radius 1 is 1.30 bits per heavy atom. The molecule has 0 spiro atoms. The zero-order chi connectivity index (χ0) is 14.3. The Morgan fingerprint density at radius 3 is 2.75 bits per heavy atom. The van der Waals surface area contributed by atoms with Gasteiger partial charge in [0.15, 0.2) is 14.9 Å². The van der Waals surface area contributed by atoms with Crippen molar-refractivity contribution in [3.63, 3.8) is 0 Å². The summed E-state index contributed by atoms with van der Waals surface area (Å²) in [5.74, 6) is 0.0295. The van der Waals surface area contributed by atoms with E-state index in [0.717, 1.165) is 10.9 Å². The van der Waals surface area contributed by atoms with Crippen LogP contribution in [0.25, 0.3) is 10.9 Å². The molecule has 1 aliphatic heterocycles. The molecule has 0 aliphatic carbocycles. The zero-order valence-electron chi connectivity index (χ0n) is 10.5. The van der Waals surface area contributed by atoms with Crippen LogP contribution >= 0.6 is 23.8 Å². The Hall–Kier alpha value is -1.11. The minimum Gasteiger partial charge on any atom is -0.357 e. The van der Waals surface area contributed by atoms with Crippen molar-refractivity contribution in [2.24, 2.45) is 0 Å². The highest BCUT2D eigenvalue weighted by molar-refractivity contribution is 7.91. The maximum atomic E-state index is 11.6. The van der Waals surface area contributed by atoms with Crippen molar-refractivity contribution in [1.29, 1.82) is 0 Å². The molecule has 2 heterocycles. The molecule has 1 aromatic carbocycles. The predicted octanol–water partition coefficient (Wildman–Crippen LogP) is 1.77. The minimum absolute atomic E-state index is 0.00125. The van der Waals surface area contributed by atoms with Crippen LogP contribution in [-0.2, 0) is 9.84 Å². The summed E-state index contributed by atoms with van der Waals surface area (Å²) in [6, 6.07) is 9.49. The van der Waals surface area contributed by atoms with Gasteiger partial charge in [0, 0.05) is 11.6 Å². The lowest BCUT2D eigenvalue weighted by Crippen LogP contribution is -2.42. The number of aromatic nitrogens is 1. The first kappa shape index (κ1) is 13.9. The molecule has 2 atom stereocenters. The van der Waals surface area contributed by atoms with Gasteiger partial charge in [-0.05, 0) is 24.4 Å². The highest BCUT2D eigenvalue weighted by Crippen LogP contribution is 2.19. The number of sulfone groups is 1. The molecule has 1 aromatic heterocycles. The fraction of sp³-hybridized carbons (Fsp3) is 0.308. The first-order valence-electron chi connectivity index (χ1n) is 6.18. The molecule has 0 radical (unpaired) electrons. The Bertz CT molecular complexity index is 770. The molecule has 20 heavy (non-hydrogen) atoms. The first-order valence-corrected chi connectivity index (χ1v) is 8.84. The van der Waals surface area contributed by atoms with Gasteiger partial charge in [0.05, 0.1) is 28.4 Å². The van der Waals surface area contributed by atoms with Crippen molar-refractivity contribution >= 4 is 49.7 Å². The van der Waals surface area contributed by atoms with Gasteiger partial charge in [0.2, 0.25) is 0 Å². The number of thiocarbonyl (C=S) groups is 1. The van der Waals surface area contributed by atoms with Crippen molar-refractivity contribution in [1.82, 2.24) is 9.88 Å². The Kier molecular flexibility index (Phi) is 3.48. The van der Waals surface area contributed by atoms with Crippen LogP contribution in [0.5, 0.6) is 0 Å². The van der Waals surface area contributed by atoms with Gasteiger partial charge in [-0.25, -0.2) is 8.42 Å². The van der Waals surface area contributed by atoms with Gasteiger partial charge in [0.1, 0.15) is 0 Å². The molecule has 4 nitrogen and oxygen atoms in total. The van der Waals surface area contributed by atoms with Crippen LogP contribution in [0.15, 0.2) is 36.5 Å². The lowest BCUT2D eigenvalue weighted by molar-refractivity contribution is 0.600. The monoisotopic (exact) mass is 328 g/mol. The SMILES string of the molecule is O=S1(=O)CC(Cl)C(NC(=S)n2ccc3ccccc32)C1. The van der Waals surface area contributed by atoms with Gasteiger partial charge < -0.3 is 5.32 Å². The summed E-state index contributed by atoms with van der Waals surface area (Å²) < 4.78 is 24.9. The van der Waals surface area contributed by atoms with E-state index in [4.69, 9.17) is 23.8 Å². The van der Waals surface area contributed by atoms with Crippen LogP contribution < -0.4 is 5.32 Å². The average Bonchev–Trinajstić information content (AvgIpc) is 2.90. The molecule has 0 saturated carbocycles. The third-order valence-corrected chi connectivity index (χ3v) is 6.10. The Morgan fingerprint density at radius 2 is 2.05 bits per heavy atom. The Labute approximate surface area is 127 Å². The van der Waals surface area contributed by atoms with Gasteiger partial charge in [-0.2, -0.15) is 0 Å². The summed E-state index contributed by atoms with van der Waals surface area (Å²) in [7, 11) is -3.06. The number of benzene rings is 1. The third kappa shape index (κ3) is 2.55. The second-order valence-electron chi connectivity index (χ2n) is 4.89. The van der Waals surface area contributed by atoms with Crippen LogP contribution in [0.1, 0.15) is 0 Å². The number of nitrogens with one attached hydrogen (secondary N) is 1. The second kappa shape index (κ2) is 5.02. The molecule has 3 rings (SSSR count). The largest absolute Gasteiger partial charge is 0.357 e. The van der Waals surface area contributed by atoms with E-state index in [1.54, 1.807) is 0 Å². The molecule has 106 valence electrons. The number of hydrogen-bond acceptors (Lipinski definition) is 3. The standard InChI is InChI=1S/C13H13ClN2O2S2/c14-10-7-20(17,18)8-11(10)15-13(19)16-6-5-9-3-1-2-4-12(9)16/h1-6,10-11H,7-8H2,(H,15,19). The molecule has 0 amide bonds. The van der Waals surface area contributed by atoms with Crippen LogP contribution in [0.4, 0.5) is 0 Å². The van der Waals surface area contributed by atoms with Gasteiger partial charge in [-0.3, -0.25) is 4.57 Å². The zero-order valence-corrected chi connectivity index (χ0v) is 12.9. The van der Waals surface area contributed by atoms with Crippen LogP contribution in [-0.4, -0.2) is 41.0 Å². The van der Waals surface area contributed by atoms with Crippen molar-refractivity contribution < 1.29 is 8.42 Å². The summed E-state index contributed by atoms with van der Waals surface area (Å²) >= 11 is 11.4. The predicted molar refractivity (Wildman–Crippen MR) is 85.2 cm³/mol. The number of para-hydroxylation sites is 1. The van der Waals surface area contributed by atoms with Gasteiger partial charge in [-0.15, -0.1) is 11.6 Å². The van der Waals surface area contributed by atoms with E-state index in [2.05, 4.69) is 5.32 Å². The highest BCUT2D eigenvalue weighted by atomic mass is 35.5. The van der Waals surface area contributed by atoms with Gasteiger partial charge >= 0.3 is 0 Å². The van der Waals surface area contributed by atoms with E-state index in [1.165, 1.54) is 0 Å². The van der Waals surface area contributed by atoms with Crippen molar-refractivity contribution in [3.8, 4) is 0 Å². The first-order chi connectivity index (χ1) is 9.46. The summed E-state index contributed by atoms with van der Waals surface area (Å²) in [5.41, 5.74) is 0.983. The van der Waals surface area contributed by atoms with Crippen LogP contribution in [0.2, 0.25) is 0 Å². The molecule has 1 aliphatic rings. The normalized spacial score (nSPS) is 24.9. The lowest BCUT2D eigenvalue weighted by Gasteiger charge is -2.17. The molecule has 7 heteroatoms. The quantitative estimate of drug-likeness (QED) is 0.640. The number of rotatable bonds is 1. The molecule has 0 bridgehead atoms. The van der Waals surface area contributed by atoms with E-state index >= 15 is 0 Å². The fourth-order valence-electron chi connectivity index (χ4n) is 2.43. The van der Waals surface area contributed by atoms with E-state index < -0.39 is 15.2 Å². The van der Waals surface area contributed by atoms with E-state index in [0.29, 0.717) is 5.11 Å². The molecule has 2 aromatic rings. The van der Waals surface area contributed by atoms with Crippen molar-refractivity contribution in [3.05, 3.63) is 36.5 Å². The van der Waals surface area contributed by atoms with E-state index in [9.17, 15) is 8.42 Å². The summed E-state index contributed by atoms with van der Waals surface area (Å²) in [4.78, 5) is 0. The third-order valence-electron chi connectivity index (χ3n) is 3.41. The highest BCUT2D eigenvalue weighted by Gasteiger charge is 2.36. The second-order valence-corrected chi connectivity index (χ2v) is 7.99. The Balaban J connectivity index is 1.84. The number of halogens is 1. The molecular formula is C13H13ClN2O2S2. The molecular weight excluding hydrogens is 316 g/mol. The fourth-order valence-corrected chi connectivity index (χ4v) is 5.29. The average molecular weight is 329 g/mol. The minimum atomic E-state index is -3.06. The topological polar surface area (TPSA) is 51.1 Å². The van der Waals surface area contributed by atoms with E-state index in [-0.39, 0.29) is 17.5 Å². The molecule has 1 fully saturated rings. The van der Waals surface area contributed by atoms with Crippen molar-refractivity contribution in [2.75, 3.05) is 11.5 Å². The number of hydrogen-bond donors (Lipinski definition) is 1. The number of fused-ring (bicyclic) bond motifs is 1. The summed E-state index contributed by atoms with van der Waals surface area (Å²) in [6.45, 7) is 0. The molecule has 2 unspecified atom stereocenters. The lowest BCUT2D eigenvalue weighted by atomic mass is 10.2.